The standard InChI is InChI=1S/C16H29N3O4S/c1-2-22-11-8-17-7-4-3-5-14(16(20)21)19-13-23-10-6-15-18-9-12-24-15/h9,12,14,17,19H,2-8,10-11,13H2,1H3,(H,20,21). The van der Waals surface area contributed by atoms with Crippen LogP contribution in [0.3, 0.4) is 0 Å². The van der Waals surface area contributed by atoms with Gasteiger partial charge in [-0.2, -0.15) is 0 Å². The van der Waals surface area contributed by atoms with E-state index in [-0.39, 0.29) is 6.73 Å². The quantitative estimate of drug-likeness (QED) is 0.304. The molecule has 138 valence electrons. The molecular weight excluding hydrogens is 330 g/mol. The third-order valence-corrected chi connectivity index (χ3v) is 4.24. The third-order valence-electron chi connectivity index (χ3n) is 3.40. The molecule has 0 radical (unpaired) electrons. The Morgan fingerprint density at radius 2 is 2.21 bits per heavy atom. The highest BCUT2D eigenvalue weighted by Gasteiger charge is 2.15. The van der Waals surface area contributed by atoms with Gasteiger partial charge in [0.05, 0.1) is 25.0 Å². The molecule has 0 aliphatic heterocycles. The van der Waals surface area contributed by atoms with Gasteiger partial charge in [0.1, 0.15) is 6.04 Å². The Bertz CT molecular complexity index is 417. The Labute approximate surface area is 147 Å². The van der Waals surface area contributed by atoms with Gasteiger partial charge in [0.2, 0.25) is 0 Å². The largest absolute Gasteiger partial charge is 0.480 e. The molecule has 0 saturated heterocycles. The van der Waals surface area contributed by atoms with Crippen molar-refractivity contribution in [2.45, 2.75) is 38.6 Å². The van der Waals surface area contributed by atoms with E-state index in [0.29, 0.717) is 19.6 Å². The average Bonchev–Trinajstić information content (AvgIpc) is 3.08. The van der Waals surface area contributed by atoms with E-state index in [1.807, 2.05) is 12.3 Å². The van der Waals surface area contributed by atoms with Gasteiger partial charge in [-0.15, -0.1) is 11.3 Å². The fraction of sp³-hybridized carbons (Fsp3) is 0.750. The van der Waals surface area contributed by atoms with Gasteiger partial charge >= 0.3 is 5.97 Å². The van der Waals surface area contributed by atoms with E-state index in [2.05, 4.69) is 15.6 Å². The number of carboxylic acids is 1. The van der Waals surface area contributed by atoms with Crippen LogP contribution in [0.1, 0.15) is 31.2 Å². The number of aromatic nitrogens is 1. The molecule has 0 fully saturated rings. The lowest BCUT2D eigenvalue weighted by Gasteiger charge is -2.14. The van der Waals surface area contributed by atoms with Crippen LogP contribution in [0.15, 0.2) is 11.6 Å². The first kappa shape index (κ1) is 21.0. The minimum Gasteiger partial charge on any atom is -0.480 e. The predicted molar refractivity (Wildman–Crippen MR) is 94.4 cm³/mol. The molecular formula is C16H29N3O4S. The molecule has 1 aromatic rings. The number of hydrogen-bond donors (Lipinski definition) is 3. The number of carboxylic acid groups (broad SMARTS) is 1. The van der Waals surface area contributed by atoms with Crippen LogP contribution in [-0.4, -0.2) is 61.7 Å². The molecule has 0 aliphatic rings. The molecule has 0 bridgehead atoms. The maximum atomic E-state index is 11.2. The smallest absolute Gasteiger partial charge is 0.320 e. The maximum absolute atomic E-state index is 11.2. The zero-order valence-corrected chi connectivity index (χ0v) is 15.1. The highest BCUT2D eigenvalue weighted by atomic mass is 32.1. The summed E-state index contributed by atoms with van der Waals surface area (Å²) in [6.07, 6.45) is 4.92. The van der Waals surface area contributed by atoms with Crippen molar-refractivity contribution < 1.29 is 19.4 Å². The third kappa shape index (κ3) is 10.7. The van der Waals surface area contributed by atoms with Crippen molar-refractivity contribution in [1.29, 1.82) is 0 Å². The Morgan fingerprint density at radius 3 is 2.92 bits per heavy atom. The highest BCUT2D eigenvalue weighted by Crippen LogP contribution is 2.04. The number of nitrogens with one attached hydrogen (secondary N) is 2. The number of ether oxygens (including phenoxy) is 2. The molecule has 0 spiro atoms. The van der Waals surface area contributed by atoms with Crippen LogP contribution in [0.5, 0.6) is 0 Å². The Hall–Kier alpha value is -1.06. The van der Waals surface area contributed by atoms with Gasteiger partial charge in [-0.05, 0) is 26.3 Å². The van der Waals surface area contributed by atoms with Crippen molar-refractivity contribution >= 4 is 17.3 Å². The molecule has 1 heterocycles. The van der Waals surface area contributed by atoms with Crippen LogP contribution in [0.25, 0.3) is 0 Å². The first-order valence-electron chi connectivity index (χ1n) is 8.44. The van der Waals surface area contributed by atoms with Gasteiger partial charge in [0, 0.05) is 31.1 Å². The van der Waals surface area contributed by atoms with Crippen molar-refractivity contribution in [2.75, 3.05) is 39.6 Å². The number of thiazole rings is 1. The molecule has 8 heteroatoms. The van der Waals surface area contributed by atoms with Crippen LogP contribution in [0.4, 0.5) is 0 Å². The van der Waals surface area contributed by atoms with Crippen LogP contribution < -0.4 is 10.6 Å². The summed E-state index contributed by atoms with van der Waals surface area (Å²) in [6, 6.07) is -0.562. The van der Waals surface area contributed by atoms with Crippen molar-refractivity contribution in [3.63, 3.8) is 0 Å². The monoisotopic (exact) mass is 359 g/mol. The van der Waals surface area contributed by atoms with Crippen molar-refractivity contribution in [3.05, 3.63) is 16.6 Å². The molecule has 1 rings (SSSR count). The normalized spacial score (nSPS) is 12.4. The number of carbonyl (C=O) groups is 1. The topological polar surface area (TPSA) is 92.7 Å². The van der Waals surface area contributed by atoms with Gasteiger partial charge < -0.3 is 19.9 Å². The summed E-state index contributed by atoms with van der Waals surface area (Å²) in [5, 5.41) is 18.4. The van der Waals surface area contributed by atoms with E-state index in [1.54, 1.807) is 17.5 Å². The second-order valence-electron chi connectivity index (χ2n) is 5.27. The van der Waals surface area contributed by atoms with E-state index in [4.69, 9.17) is 9.47 Å². The maximum Gasteiger partial charge on any atom is 0.320 e. The zero-order chi connectivity index (χ0) is 17.5. The average molecular weight is 359 g/mol. The molecule has 0 aliphatic carbocycles. The van der Waals surface area contributed by atoms with Crippen LogP contribution in [0.2, 0.25) is 0 Å². The second-order valence-corrected chi connectivity index (χ2v) is 6.25. The molecule has 0 saturated carbocycles. The highest BCUT2D eigenvalue weighted by molar-refractivity contribution is 7.09. The van der Waals surface area contributed by atoms with Crippen LogP contribution in [-0.2, 0) is 20.7 Å². The molecule has 24 heavy (non-hydrogen) atoms. The number of hydrogen-bond acceptors (Lipinski definition) is 7. The van der Waals surface area contributed by atoms with Gasteiger partial charge in [-0.1, -0.05) is 6.42 Å². The minimum atomic E-state index is -0.831. The number of aliphatic carboxylic acids is 1. The Kier molecular flexibility index (Phi) is 12.5. The fourth-order valence-corrected chi connectivity index (χ4v) is 2.69. The Balaban J connectivity index is 1.99. The summed E-state index contributed by atoms with van der Waals surface area (Å²) in [7, 11) is 0. The molecule has 7 nitrogen and oxygen atoms in total. The zero-order valence-electron chi connectivity index (χ0n) is 14.3. The van der Waals surface area contributed by atoms with Crippen molar-refractivity contribution in [2.24, 2.45) is 0 Å². The summed E-state index contributed by atoms with van der Waals surface area (Å²) >= 11 is 1.59. The summed E-state index contributed by atoms with van der Waals surface area (Å²) in [6.45, 7) is 5.92. The van der Waals surface area contributed by atoms with Crippen molar-refractivity contribution in [3.8, 4) is 0 Å². The minimum absolute atomic E-state index is 0.245. The number of rotatable bonds is 16. The number of unbranched alkanes of at least 4 members (excludes halogenated alkanes) is 1. The van der Waals surface area contributed by atoms with Gasteiger partial charge in [-0.3, -0.25) is 10.1 Å². The summed E-state index contributed by atoms with van der Waals surface area (Å²) in [5.41, 5.74) is 0. The Morgan fingerprint density at radius 1 is 1.33 bits per heavy atom. The predicted octanol–water partition coefficient (Wildman–Crippen LogP) is 1.50. The number of nitrogens with zero attached hydrogens (tertiary/aromatic N) is 1. The van der Waals surface area contributed by atoms with E-state index in [9.17, 15) is 9.90 Å². The first-order valence-corrected chi connectivity index (χ1v) is 9.32. The van der Waals surface area contributed by atoms with Gasteiger partial charge in [0.25, 0.3) is 0 Å². The summed E-state index contributed by atoms with van der Waals surface area (Å²) in [4.78, 5) is 15.4. The van der Waals surface area contributed by atoms with Gasteiger partial charge in [-0.25, -0.2) is 4.98 Å². The van der Waals surface area contributed by atoms with E-state index in [1.165, 1.54) is 0 Å². The van der Waals surface area contributed by atoms with Crippen molar-refractivity contribution in [1.82, 2.24) is 15.6 Å². The van der Waals surface area contributed by atoms with Gasteiger partial charge in [0.15, 0.2) is 0 Å². The summed E-state index contributed by atoms with van der Waals surface area (Å²) in [5.74, 6) is -0.831. The fourth-order valence-electron chi connectivity index (χ4n) is 2.09. The van der Waals surface area contributed by atoms with Crippen LogP contribution in [0, 0.1) is 0 Å². The molecule has 1 unspecified atom stereocenters. The van der Waals surface area contributed by atoms with Crippen LogP contribution >= 0.6 is 11.3 Å². The SMILES string of the molecule is CCOCCNCCCCC(NCOCCc1nccs1)C(=O)O. The molecule has 1 atom stereocenters. The second kappa shape index (κ2) is 14.3. The van der Waals surface area contributed by atoms with E-state index < -0.39 is 12.0 Å². The molecule has 0 amide bonds. The first-order chi connectivity index (χ1) is 11.7. The lowest BCUT2D eigenvalue weighted by atomic mass is 10.1. The lowest BCUT2D eigenvalue weighted by molar-refractivity contribution is -0.140. The van der Waals surface area contributed by atoms with E-state index >= 15 is 0 Å². The lowest BCUT2D eigenvalue weighted by Crippen LogP contribution is -2.38. The molecule has 3 N–H and O–H groups in total. The molecule has 1 aromatic heterocycles. The summed E-state index contributed by atoms with van der Waals surface area (Å²) < 4.78 is 10.7. The van der Waals surface area contributed by atoms with E-state index in [0.717, 1.165) is 44.0 Å². The molecule has 0 aromatic carbocycles.